The van der Waals surface area contributed by atoms with Crippen LogP contribution in [0.15, 0.2) is 46.0 Å². The molecule has 0 aliphatic carbocycles. The van der Waals surface area contributed by atoms with Crippen LogP contribution in [0.25, 0.3) is 0 Å². The predicted molar refractivity (Wildman–Crippen MR) is 85.0 cm³/mol. The molecule has 0 unspecified atom stereocenters. The van der Waals surface area contributed by atoms with Gasteiger partial charge in [-0.25, -0.2) is 0 Å². The topological polar surface area (TPSA) is 53.8 Å². The molecule has 20 heavy (non-hydrogen) atoms. The second-order valence-electron chi connectivity index (χ2n) is 3.93. The molecule has 0 saturated carbocycles. The Labute approximate surface area is 130 Å². The second kappa shape index (κ2) is 6.63. The summed E-state index contributed by atoms with van der Waals surface area (Å²) in [6.07, 6.45) is 1.63. The summed E-state index contributed by atoms with van der Waals surface area (Å²) >= 11 is 9.05. The molecule has 2 aromatic rings. The largest absolute Gasteiger partial charge is 0.503 e. The molecule has 0 bridgehead atoms. The van der Waals surface area contributed by atoms with Crippen molar-refractivity contribution in [2.75, 3.05) is 12.5 Å². The van der Waals surface area contributed by atoms with Crippen LogP contribution < -0.4 is 10.2 Å². The average molecular weight is 356 g/mol. The third-order valence-corrected chi connectivity index (χ3v) is 3.38. The number of phenolic OH excluding ortho intramolecular Hbond substituents is 1. The third-order valence-electron chi connectivity index (χ3n) is 2.52. The summed E-state index contributed by atoms with van der Waals surface area (Å²) in [5.74, 6) is 0.447. The van der Waals surface area contributed by atoms with E-state index in [1.165, 1.54) is 7.11 Å². The molecule has 4 nitrogen and oxygen atoms in total. The third kappa shape index (κ3) is 3.65. The fourth-order valence-corrected chi connectivity index (χ4v) is 2.12. The van der Waals surface area contributed by atoms with E-state index in [-0.39, 0.29) is 5.75 Å². The zero-order valence-corrected chi connectivity index (χ0v) is 12.9. The number of aromatic hydroxyl groups is 1. The van der Waals surface area contributed by atoms with Gasteiger partial charge in [-0.1, -0.05) is 11.6 Å². The lowest BCUT2D eigenvalue weighted by molar-refractivity contribution is 0.372. The summed E-state index contributed by atoms with van der Waals surface area (Å²) < 4.78 is 5.61. The lowest BCUT2D eigenvalue weighted by Gasteiger charge is -2.06. The standard InChI is InChI=1S/C14H12BrClN2O2/c1-20-13-7-9(6-12(15)14(13)19)8-17-18-11-4-2-10(16)3-5-11/h2-8,18-19H,1H3/b17-8-. The molecule has 0 heterocycles. The molecule has 0 aliphatic heterocycles. The number of halogens is 2. The highest BCUT2D eigenvalue weighted by atomic mass is 79.9. The lowest BCUT2D eigenvalue weighted by atomic mass is 10.2. The van der Waals surface area contributed by atoms with Crippen molar-refractivity contribution in [1.82, 2.24) is 0 Å². The zero-order chi connectivity index (χ0) is 14.5. The number of hydrogen-bond donors (Lipinski definition) is 2. The molecule has 0 radical (unpaired) electrons. The van der Waals surface area contributed by atoms with Crippen molar-refractivity contribution >= 4 is 39.4 Å². The fourth-order valence-electron chi connectivity index (χ4n) is 1.53. The molecular weight excluding hydrogens is 344 g/mol. The van der Waals surface area contributed by atoms with E-state index in [2.05, 4.69) is 26.5 Å². The minimum absolute atomic E-state index is 0.0651. The van der Waals surface area contributed by atoms with Crippen molar-refractivity contribution in [3.63, 3.8) is 0 Å². The van der Waals surface area contributed by atoms with Crippen LogP contribution in [0.5, 0.6) is 11.5 Å². The van der Waals surface area contributed by atoms with Crippen LogP contribution in [0.4, 0.5) is 5.69 Å². The SMILES string of the molecule is COc1cc(/C=N\Nc2ccc(Cl)cc2)cc(Br)c1O. The van der Waals surface area contributed by atoms with Gasteiger partial charge in [-0.2, -0.15) is 5.10 Å². The lowest BCUT2D eigenvalue weighted by Crippen LogP contribution is -1.92. The van der Waals surface area contributed by atoms with Crippen LogP contribution in [0.3, 0.4) is 0 Å². The summed E-state index contributed by atoms with van der Waals surface area (Å²) in [6, 6.07) is 10.6. The summed E-state index contributed by atoms with van der Waals surface area (Å²) in [5, 5.41) is 14.5. The monoisotopic (exact) mass is 354 g/mol. The maximum Gasteiger partial charge on any atom is 0.172 e. The van der Waals surface area contributed by atoms with Crippen LogP contribution >= 0.6 is 27.5 Å². The van der Waals surface area contributed by atoms with E-state index in [1.807, 2.05) is 12.1 Å². The molecular formula is C14H12BrClN2O2. The minimum Gasteiger partial charge on any atom is -0.503 e. The fraction of sp³-hybridized carbons (Fsp3) is 0.0714. The molecule has 0 aliphatic rings. The molecule has 0 saturated heterocycles. The Hall–Kier alpha value is -1.72. The molecule has 0 spiro atoms. The van der Waals surface area contributed by atoms with Gasteiger partial charge in [0.25, 0.3) is 0 Å². The smallest absolute Gasteiger partial charge is 0.172 e. The molecule has 0 amide bonds. The van der Waals surface area contributed by atoms with Crippen molar-refractivity contribution in [2.24, 2.45) is 5.10 Å². The highest BCUT2D eigenvalue weighted by Crippen LogP contribution is 2.34. The van der Waals surface area contributed by atoms with Crippen LogP contribution in [-0.4, -0.2) is 18.4 Å². The van der Waals surface area contributed by atoms with Crippen molar-refractivity contribution < 1.29 is 9.84 Å². The first-order valence-corrected chi connectivity index (χ1v) is 6.88. The van der Waals surface area contributed by atoms with E-state index in [9.17, 15) is 5.11 Å². The van der Waals surface area contributed by atoms with Gasteiger partial charge < -0.3 is 9.84 Å². The van der Waals surface area contributed by atoms with E-state index in [0.29, 0.717) is 15.2 Å². The molecule has 0 atom stereocenters. The van der Waals surface area contributed by atoms with Crippen molar-refractivity contribution in [3.8, 4) is 11.5 Å². The Morgan fingerprint density at radius 2 is 2.00 bits per heavy atom. The van der Waals surface area contributed by atoms with Gasteiger partial charge in [0.1, 0.15) is 0 Å². The number of methoxy groups -OCH3 is 1. The van der Waals surface area contributed by atoms with Gasteiger partial charge in [0.2, 0.25) is 0 Å². The molecule has 6 heteroatoms. The minimum atomic E-state index is 0.0651. The van der Waals surface area contributed by atoms with E-state index in [1.54, 1.807) is 30.5 Å². The molecule has 2 aromatic carbocycles. The van der Waals surface area contributed by atoms with E-state index >= 15 is 0 Å². The predicted octanol–water partition coefficient (Wildman–Crippen LogP) is 4.26. The number of rotatable bonds is 4. The van der Waals surface area contributed by atoms with Crippen LogP contribution in [0.2, 0.25) is 5.02 Å². The number of benzene rings is 2. The number of nitrogens with zero attached hydrogens (tertiary/aromatic N) is 1. The molecule has 104 valence electrons. The first-order chi connectivity index (χ1) is 9.60. The average Bonchev–Trinajstić information content (AvgIpc) is 2.44. The van der Waals surface area contributed by atoms with Gasteiger partial charge in [0.15, 0.2) is 11.5 Å². The molecule has 0 aromatic heterocycles. The Bertz CT molecular complexity index is 630. The number of nitrogens with one attached hydrogen (secondary N) is 1. The summed E-state index contributed by atoms with van der Waals surface area (Å²) in [5.41, 5.74) is 4.50. The van der Waals surface area contributed by atoms with Gasteiger partial charge in [-0.05, 0) is 57.9 Å². The highest BCUT2D eigenvalue weighted by Gasteiger charge is 2.07. The maximum absolute atomic E-state index is 9.71. The van der Waals surface area contributed by atoms with Crippen LogP contribution in [-0.2, 0) is 0 Å². The van der Waals surface area contributed by atoms with E-state index < -0.39 is 0 Å². The molecule has 2 rings (SSSR count). The number of phenols is 1. The van der Waals surface area contributed by atoms with E-state index in [0.717, 1.165) is 11.3 Å². The summed E-state index contributed by atoms with van der Waals surface area (Å²) in [7, 11) is 1.49. The van der Waals surface area contributed by atoms with Crippen LogP contribution in [0, 0.1) is 0 Å². The van der Waals surface area contributed by atoms with Crippen LogP contribution in [0.1, 0.15) is 5.56 Å². The highest BCUT2D eigenvalue weighted by molar-refractivity contribution is 9.10. The Balaban J connectivity index is 2.11. The second-order valence-corrected chi connectivity index (χ2v) is 5.22. The van der Waals surface area contributed by atoms with Gasteiger partial charge >= 0.3 is 0 Å². The van der Waals surface area contributed by atoms with Gasteiger partial charge in [0.05, 0.1) is 23.5 Å². The molecule has 0 fully saturated rings. The summed E-state index contributed by atoms with van der Waals surface area (Å²) in [4.78, 5) is 0. The van der Waals surface area contributed by atoms with Gasteiger partial charge in [-0.15, -0.1) is 0 Å². The quantitative estimate of drug-likeness (QED) is 0.636. The first-order valence-electron chi connectivity index (χ1n) is 5.71. The Morgan fingerprint density at radius 1 is 1.30 bits per heavy atom. The van der Waals surface area contributed by atoms with Gasteiger partial charge in [0, 0.05) is 5.02 Å². The Morgan fingerprint density at radius 3 is 2.65 bits per heavy atom. The zero-order valence-electron chi connectivity index (χ0n) is 10.6. The first kappa shape index (κ1) is 14.7. The molecule has 2 N–H and O–H groups in total. The Kier molecular flexibility index (Phi) is 4.87. The van der Waals surface area contributed by atoms with E-state index in [4.69, 9.17) is 16.3 Å². The maximum atomic E-state index is 9.71. The van der Waals surface area contributed by atoms with Gasteiger partial charge in [-0.3, -0.25) is 5.43 Å². The van der Waals surface area contributed by atoms with Crippen molar-refractivity contribution in [3.05, 3.63) is 51.5 Å². The number of anilines is 1. The number of hydrogen-bond acceptors (Lipinski definition) is 4. The number of ether oxygens (including phenoxy) is 1. The van der Waals surface area contributed by atoms with Crippen molar-refractivity contribution in [2.45, 2.75) is 0 Å². The number of hydrazone groups is 1. The normalized spacial score (nSPS) is 10.8. The summed E-state index contributed by atoms with van der Waals surface area (Å²) in [6.45, 7) is 0. The van der Waals surface area contributed by atoms with Crippen molar-refractivity contribution in [1.29, 1.82) is 0 Å².